The van der Waals surface area contributed by atoms with Crippen molar-refractivity contribution in [2.24, 2.45) is 0 Å². The Bertz CT molecular complexity index is 727. The summed E-state index contributed by atoms with van der Waals surface area (Å²) >= 11 is 0. The molecule has 0 radical (unpaired) electrons. The van der Waals surface area contributed by atoms with E-state index >= 15 is 0 Å². The SMILES string of the molecule is Cc1[nH]c2ccccc2c1C1(CNS(C)(=O)=O)CC1. The van der Waals surface area contributed by atoms with Gasteiger partial charge in [-0.1, -0.05) is 18.2 Å². The predicted octanol–water partition coefficient (Wildman–Crippen LogP) is 2.06. The lowest BCUT2D eigenvalue weighted by molar-refractivity contribution is 0.573. The third-order valence-electron chi connectivity index (χ3n) is 3.95. The van der Waals surface area contributed by atoms with E-state index in [1.807, 2.05) is 12.1 Å². The molecule has 1 fully saturated rings. The van der Waals surface area contributed by atoms with E-state index in [0.717, 1.165) is 24.1 Å². The highest BCUT2D eigenvalue weighted by molar-refractivity contribution is 7.88. The van der Waals surface area contributed by atoms with Gasteiger partial charge in [-0.3, -0.25) is 0 Å². The van der Waals surface area contributed by atoms with Gasteiger partial charge in [0.15, 0.2) is 0 Å². The largest absolute Gasteiger partial charge is 0.358 e. The standard InChI is InChI=1S/C14H18N2O2S/c1-10-13(11-5-3-4-6-12(11)16-10)14(7-8-14)9-15-19(2,17)18/h3-6,15-16H,7-9H2,1-2H3. The monoisotopic (exact) mass is 278 g/mol. The second-order valence-electron chi connectivity index (χ2n) is 5.54. The molecule has 0 atom stereocenters. The second kappa shape index (κ2) is 4.08. The molecule has 1 aliphatic rings. The molecule has 3 rings (SSSR count). The molecule has 2 aromatic rings. The van der Waals surface area contributed by atoms with Crippen LogP contribution in [0.4, 0.5) is 0 Å². The molecule has 19 heavy (non-hydrogen) atoms. The number of nitrogens with one attached hydrogen (secondary N) is 2. The van der Waals surface area contributed by atoms with Crippen LogP contribution in [0, 0.1) is 6.92 Å². The topological polar surface area (TPSA) is 62.0 Å². The Morgan fingerprint density at radius 3 is 2.63 bits per heavy atom. The molecule has 0 amide bonds. The van der Waals surface area contributed by atoms with Crippen LogP contribution in [0.5, 0.6) is 0 Å². The molecule has 1 saturated carbocycles. The first-order valence-electron chi connectivity index (χ1n) is 6.44. The summed E-state index contributed by atoms with van der Waals surface area (Å²) in [5, 5.41) is 1.22. The van der Waals surface area contributed by atoms with Crippen molar-refractivity contribution in [2.45, 2.75) is 25.2 Å². The van der Waals surface area contributed by atoms with E-state index in [-0.39, 0.29) is 5.41 Å². The smallest absolute Gasteiger partial charge is 0.208 e. The van der Waals surface area contributed by atoms with E-state index in [2.05, 4.69) is 28.8 Å². The van der Waals surface area contributed by atoms with Crippen molar-refractivity contribution in [2.75, 3.05) is 12.8 Å². The quantitative estimate of drug-likeness (QED) is 0.899. The van der Waals surface area contributed by atoms with Crippen LogP contribution in [0.3, 0.4) is 0 Å². The van der Waals surface area contributed by atoms with Crippen molar-refractivity contribution >= 4 is 20.9 Å². The van der Waals surface area contributed by atoms with E-state index in [4.69, 9.17) is 0 Å². The van der Waals surface area contributed by atoms with Crippen LogP contribution in [0.15, 0.2) is 24.3 Å². The highest BCUT2D eigenvalue weighted by Crippen LogP contribution is 2.51. The van der Waals surface area contributed by atoms with Crippen molar-refractivity contribution in [3.8, 4) is 0 Å². The molecule has 0 bridgehead atoms. The minimum atomic E-state index is -3.13. The number of sulfonamides is 1. The number of hydrogen-bond acceptors (Lipinski definition) is 2. The predicted molar refractivity (Wildman–Crippen MR) is 76.8 cm³/mol. The zero-order chi connectivity index (χ0) is 13.7. The number of aromatic nitrogens is 1. The minimum absolute atomic E-state index is 0.0211. The zero-order valence-corrected chi connectivity index (χ0v) is 12.0. The Labute approximate surface area is 113 Å². The molecule has 4 nitrogen and oxygen atoms in total. The van der Waals surface area contributed by atoms with Gasteiger partial charge in [-0.25, -0.2) is 13.1 Å². The third-order valence-corrected chi connectivity index (χ3v) is 4.62. The van der Waals surface area contributed by atoms with Gasteiger partial charge in [-0.15, -0.1) is 0 Å². The maximum Gasteiger partial charge on any atom is 0.208 e. The number of rotatable bonds is 4. The Balaban J connectivity index is 2.02. The number of para-hydroxylation sites is 1. The Kier molecular flexibility index (Phi) is 2.73. The molecular formula is C14H18N2O2S. The Morgan fingerprint density at radius 2 is 2.00 bits per heavy atom. The van der Waals surface area contributed by atoms with Gasteiger partial charge >= 0.3 is 0 Å². The van der Waals surface area contributed by atoms with E-state index in [0.29, 0.717) is 6.54 Å². The highest BCUT2D eigenvalue weighted by Gasteiger charge is 2.47. The third kappa shape index (κ3) is 2.28. The second-order valence-corrected chi connectivity index (χ2v) is 7.38. The van der Waals surface area contributed by atoms with Crippen molar-refractivity contribution < 1.29 is 8.42 Å². The molecule has 1 aromatic carbocycles. The van der Waals surface area contributed by atoms with Crippen molar-refractivity contribution in [3.05, 3.63) is 35.5 Å². The summed E-state index contributed by atoms with van der Waals surface area (Å²) in [6.07, 6.45) is 3.29. The number of H-pyrrole nitrogens is 1. The zero-order valence-electron chi connectivity index (χ0n) is 11.2. The first-order chi connectivity index (χ1) is 8.91. The maximum absolute atomic E-state index is 11.3. The van der Waals surface area contributed by atoms with Crippen LogP contribution >= 0.6 is 0 Å². The van der Waals surface area contributed by atoms with Gasteiger partial charge in [-0.05, 0) is 31.4 Å². The van der Waals surface area contributed by atoms with Crippen molar-refractivity contribution in [3.63, 3.8) is 0 Å². The molecule has 1 heterocycles. The number of aromatic amines is 1. The average Bonchev–Trinajstić information content (AvgIpc) is 3.02. The van der Waals surface area contributed by atoms with Crippen LogP contribution < -0.4 is 4.72 Å². The fourth-order valence-corrected chi connectivity index (χ4v) is 3.43. The first kappa shape index (κ1) is 12.7. The van der Waals surface area contributed by atoms with Gasteiger partial charge in [-0.2, -0.15) is 0 Å². The van der Waals surface area contributed by atoms with E-state index in [1.165, 1.54) is 17.2 Å². The highest BCUT2D eigenvalue weighted by atomic mass is 32.2. The lowest BCUT2D eigenvalue weighted by Crippen LogP contribution is -2.31. The maximum atomic E-state index is 11.3. The summed E-state index contributed by atoms with van der Waals surface area (Å²) in [4.78, 5) is 3.39. The molecule has 0 aliphatic heterocycles. The van der Waals surface area contributed by atoms with Crippen LogP contribution in [-0.4, -0.2) is 26.2 Å². The molecule has 1 aromatic heterocycles. The average molecular weight is 278 g/mol. The summed E-state index contributed by atoms with van der Waals surface area (Å²) in [7, 11) is -3.13. The van der Waals surface area contributed by atoms with Gasteiger partial charge in [0, 0.05) is 28.6 Å². The molecular weight excluding hydrogens is 260 g/mol. The normalized spacial score (nSPS) is 17.8. The fraction of sp³-hybridized carbons (Fsp3) is 0.429. The first-order valence-corrected chi connectivity index (χ1v) is 8.33. The van der Waals surface area contributed by atoms with Crippen molar-refractivity contribution in [1.82, 2.24) is 9.71 Å². The van der Waals surface area contributed by atoms with Crippen LogP contribution in [-0.2, 0) is 15.4 Å². The summed E-state index contributed by atoms with van der Waals surface area (Å²) in [6, 6.07) is 8.20. The minimum Gasteiger partial charge on any atom is -0.358 e. The van der Waals surface area contributed by atoms with E-state index in [9.17, 15) is 8.42 Å². The van der Waals surface area contributed by atoms with Gasteiger partial charge in [0.25, 0.3) is 0 Å². The van der Waals surface area contributed by atoms with Gasteiger partial charge in [0.1, 0.15) is 0 Å². The fourth-order valence-electron chi connectivity index (χ4n) is 2.90. The summed E-state index contributed by atoms with van der Waals surface area (Å²) in [6.45, 7) is 2.56. The van der Waals surface area contributed by atoms with E-state index < -0.39 is 10.0 Å². The molecule has 102 valence electrons. The number of aryl methyl sites for hydroxylation is 1. The number of fused-ring (bicyclic) bond motifs is 1. The summed E-state index contributed by atoms with van der Waals surface area (Å²) < 4.78 is 25.3. The van der Waals surface area contributed by atoms with Gasteiger partial charge in [0.05, 0.1) is 6.26 Å². The molecule has 0 unspecified atom stereocenters. The summed E-state index contributed by atoms with van der Waals surface area (Å²) in [5.74, 6) is 0. The molecule has 0 saturated heterocycles. The van der Waals surface area contributed by atoms with E-state index in [1.54, 1.807) is 0 Å². The Morgan fingerprint density at radius 1 is 1.32 bits per heavy atom. The van der Waals surface area contributed by atoms with Crippen LogP contribution in [0.25, 0.3) is 10.9 Å². The Hall–Kier alpha value is -1.33. The van der Waals surface area contributed by atoms with Crippen molar-refractivity contribution in [1.29, 1.82) is 0 Å². The number of benzene rings is 1. The number of hydrogen-bond donors (Lipinski definition) is 2. The lowest BCUT2D eigenvalue weighted by atomic mass is 9.93. The van der Waals surface area contributed by atoms with Gasteiger partial charge < -0.3 is 4.98 Å². The summed E-state index contributed by atoms with van der Waals surface area (Å²) in [5.41, 5.74) is 3.53. The van der Waals surface area contributed by atoms with Crippen LogP contribution in [0.1, 0.15) is 24.1 Å². The van der Waals surface area contributed by atoms with Gasteiger partial charge in [0.2, 0.25) is 10.0 Å². The molecule has 2 N–H and O–H groups in total. The van der Waals surface area contributed by atoms with Crippen LogP contribution in [0.2, 0.25) is 0 Å². The molecule has 5 heteroatoms. The lowest BCUT2D eigenvalue weighted by Gasteiger charge is -2.16. The molecule has 0 spiro atoms. The molecule has 1 aliphatic carbocycles.